The van der Waals surface area contributed by atoms with Crippen molar-refractivity contribution in [2.24, 2.45) is 0 Å². The predicted molar refractivity (Wildman–Crippen MR) is 56.9 cm³/mol. The lowest BCUT2D eigenvalue weighted by molar-refractivity contribution is 0.0988. The van der Waals surface area contributed by atoms with Crippen LogP contribution in [-0.2, 0) is 0 Å². The van der Waals surface area contributed by atoms with Crippen molar-refractivity contribution in [3.8, 4) is 11.6 Å². The van der Waals surface area contributed by atoms with E-state index >= 15 is 0 Å². The second-order valence-corrected chi connectivity index (χ2v) is 3.35. The van der Waals surface area contributed by atoms with E-state index in [1.165, 1.54) is 0 Å². The highest BCUT2D eigenvalue weighted by atomic mass is 16.5. The molecule has 2 rings (SSSR count). The van der Waals surface area contributed by atoms with E-state index in [1.807, 2.05) is 6.92 Å². The minimum absolute atomic E-state index is 0.0693. The van der Waals surface area contributed by atoms with E-state index in [-0.39, 0.29) is 5.78 Å². The average Bonchev–Trinajstić information content (AvgIpc) is 2.75. The van der Waals surface area contributed by atoms with Crippen molar-refractivity contribution >= 4 is 5.78 Å². The first-order valence-corrected chi connectivity index (χ1v) is 5.00. The number of carbonyl (C=O) groups excluding carboxylic acids is 1. The Morgan fingerprint density at radius 1 is 1.50 bits per heavy atom. The molecule has 5 heteroatoms. The Kier molecular flexibility index (Phi) is 2.76. The lowest BCUT2D eigenvalue weighted by atomic mass is 10.1. The fraction of sp³-hybridized carbons (Fsp3) is 0.273. The first kappa shape index (κ1) is 10.5. The van der Waals surface area contributed by atoms with Crippen LogP contribution in [0.15, 0.2) is 22.9 Å². The van der Waals surface area contributed by atoms with Crippen molar-refractivity contribution in [2.75, 3.05) is 0 Å². The van der Waals surface area contributed by atoms with Crippen LogP contribution in [0.25, 0.3) is 11.6 Å². The zero-order chi connectivity index (χ0) is 11.5. The molecule has 2 heterocycles. The van der Waals surface area contributed by atoms with Gasteiger partial charge in [-0.05, 0) is 19.1 Å². The Labute approximate surface area is 92.5 Å². The van der Waals surface area contributed by atoms with Gasteiger partial charge in [0.1, 0.15) is 5.69 Å². The van der Waals surface area contributed by atoms with Gasteiger partial charge < -0.3 is 4.52 Å². The molecule has 0 aliphatic carbocycles. The summed E-state index contributed by atoms with van der Waals surface area (Å²) in [5.74, 6) is 0.951. The highest BCUT2D eigenvalue weighted by Crippen LogP contribution is 2.16. The second-order valence-electron chi connectivity index (χ2n) is 3.35. The number of nitrogens with zero attached hydrogens (tertiary/aromatic N) is 3. The van der Waals surface area contributed by atoms with Gasteiger partial charge in [0, 0.05) is 18.2 Å². The molecule has 0 saturated heterocycles. The Bertz CT molecular complexity index is 519. The van der Waals surface area contributed by atoms with E-state index in [0.717, 1.165) is 0 Å². The molecule has 0 saturated carbocycles. The number of aryl methyl sites for hydroxylation is 1. The number of hydrogen-bond donors (Lipinski definition) is 0. The molecule has 2 aromatic heterocycles. The van der Waals surface area contributed by atoms with Crippen LogP contribution >= 0.6 is 0 Å². The molecule has 0 atom stereocenters. The molecule has 0 aliphatic heterocycles. The predicted octanol–water partition coefficient (Wildman–Crippen LogP) is 2.03. The summed E-state index contributed by atoms with van der Waals surface area (Å²) in [6, 6.07) is 3.34. The Morgan fingerprint density at radius 3 is 2.94 bits per heavy atom. The van der Waals surface area contributed by atoms with Gasteiger partial charge >= 0.3 is 0 Å². The van der Waals surface area contributed by atoms with Crippen LogP contribution in [0.5, 0.6) is 0 Å². The monoisotopic (exact) mass is 217 g/mol. The Hall–Kier alpha value is -2.04. The van der Waals surface area contributed by atoms with Crippen LogP contribution in [0.2, 0.25) is 0 Å². The van der Waals surface area contributed by atoms with Gasteiger partial charge in [-0.2, -0.15) is 4.98 Å². The van der Waals surface area contributed by atoms with Crippen LogP contribution in [0.1, 0.15) is 29.5 Å². The number of hydrogen-bond acceptors (Lipinski definition) is 5. The third-order valence-electron chi connectivity index (χ3n) is 2.15. The Morgan fingerprint density at radius 2 is 2.31 bits per heavy atom. The summed E-state index contributed by atoms with van der Waals surface area (Å²) in [5, 5.41) is 3.68. The van der Waals surface area contributed by atoms with Gasteiger partial charge in [-0.1, -0.05) is 12.1 Å². The topological polar surface area (TPSA) is 68.9 Å². The van der Waals surface area contributed by atoms with Crippen LogP contribution < -0.4 is 0 Å². The summed E-state index contributed by atoms with van der Waals surface area (Å²) in [4.78, 5) is 19.7. The third-order valence-corrected chi connectivity index (χ3v) is 2.15. The number of pyridine rings is 1. The average molecular weight is 217 g/mol. The summed E-state index contributed by atoms with van der Waals surface area (Å²) in [6.07, 6.45) is 2.03. The summed E-state index contributed by atoms with van der Waals surface area (Å²) < 4.78 is 4.98. The van der Waals surface area contributed by atoms with Crippen molar-refractivity contribution < 1.29 is 9.32 Å². The molecule has 0 spiro atoms. The van der Waals surface area contributed by atoms with Gasteiger partial charge in [0.05, 0.1) is 0 Å². The molecule has 0 aliphatic rings. The minimum atomic E-state index is 0.0693. The van der Waals surface area contributed by atoms with Gasteiger partial charge in [-0.15, -0.1) is 0 Å². The highest BCUT2D eigenvalue weighted by molar-refractivity contribution is 5.96. The minimum Gasteiger partial charge on any atom is -0.332 e. The van der Waals surface area contributed by atoms with Gasteiger partial charge in [0.2, 0.25) is 0 Å². The summed E-state index contributed by atoms with van der Waals surface area (Å²) in [6.45, 7) is 3.55. The van der Waals surface area contributed by atoms with E-state index in [4.69, 9.17) is 4.52 Å². The summed E-state index contributed by atoms with van der Waals surface area (Å²) in [7, 11) is 0. The van der Waals surface area contributed by atoms with E-state index in [2.05, 4.69) is 15.1 Å². The fourth-order valence-electron chi connectivity index (χ4n) is 1.33. The zero-order valence-electron chi connectivity index (χ0n) is 9.10. The maximum atomic E-state index is 11.5. The van der Waals surface area contributed by atoms with E-state index in [9.17, 15) is 4.79 Å². The first-order valence-electron chi connectivity index (χ1n) is 5.00. The normalized spacial score (nSPS) is 10.4. The standard InChI is InChI=1S/C11H11N3O2/c1-3-10(15)8-4-5-12-9(6-8)11-13-7(2)14-16-11/h4-6H,3H2,1-2H3. The van der Waals surface area contributed by atoms with Crippen molar-refractivity contribution in [3.05, 3.63) is 29.7 Å². The maximum Gasteiger partial charge on any atom is 0.276 e. The zero-order valence-corrected chi connectivity index (χ0v) is 9.10. The number of rotatable bonds is 3. The van der Waals surface area contributed by atoms with E-state index < -0.39 is 0 Å². The number of carbonyl (C=O) groups is 1. The molecule has 0 aromatic carbocycles. The lowest BCUT2D eigenvalue weighted by Gasteiger charge is -1.98. The fourth-order valence-corrected chi connectivity index (χ4v) is 1.33. The van der Waals surface area contributed by atoms with Gasteiger partial charge in [-0.3, -0.25) is 9.78 Å². The first-order chi connectivity index (χ1) is 7.70. The maximum absolute atomic E-state index is 11.5. The molecule has 16 heavy (non-hydrogen) atoms. The van der Waals surface area contributed by atoms with E-state index in [1.54, 1.807) is 25.3 Å². The van der Waals surface area contributed by atoms with Crippen molar-refractivity contribution in [2.45, 2.75) is 20.3 Å². The molecule has 0 fully saturated rings. The smallest absolute Gasteiger partial charge is 0.276 e. The second kappa shape index (κ2) is 4.22. The van der Waals surface area contributed by atoms with Crippen molar-refractivity contribution in [1.29, 1.82) is 0 Å². The molecule has 0 radical (unpaired) electrons. The van der Waals surface area contributed by atoms with Gasteiger partial charge in [0.15, 0.2) is 11.6 Å². The highest BCUT2D eigenvalue weighted by Gasteiger charge is 2.10. The summed E-state index contributed by atoms with van der Waals surface area (Å²) in [5.41, 5.74) is 1.14. The molecular formula is C11H11N3O2. The van der Waals surface area contributed by atoms with Crippen LogP contribution in [0, 0.1) is 6.92 Å². The van der Waals surface area contributed by atoms with Crippen molar-refractivity contribution in [3.63, 3.8) is 0 Å². The quantitative estimate of drug-likeness (QED) is 0.736. The molecule has 82 valence electrons. The number of Topliss-reactive ketones (excluding diaryl/α,β-unsaturated/α-hetero) is 1. The number of ketones is 1. The molecule has 0 amide bonds. The molecule has 2 aromatic rings. The SMILES string of the molecule is CCC(=O)c1ccnc(-c2nc(C)no2)c1. The molecule has 0 unspecified atom stereocenters. The number of aromatic nitrogens is 3. The van der Waals surface area contributed by atoms with Gasteiger partial charge in [-0.25, -0.2) is 0 Å². The molecular weight excluding hydrogens is 206 g/mol. The molecule has 0 N–H and O–H groups in total. The van der Waals surface area contributed by atoms with Gasteiger partial charge in [0.25, 0.3) is 5.89 Å². The molecule has 0 bridgehead atoms. The van der Waals surface area contributed by atoms with Crippen molar-refractivity contribution in [1.82, 2.24) is 15.1 Å². The third kappa shape index (κ3) is 1.98. The molecule has 5 nitrogen and oxygen atoms in total. The van der Waals surface area contributed by atoms with Crippen LogP contribution in [0.4, 0.5) is 0 Å². The largest absolute Gasteiger partial charge is 0.332 e. The van der Waals surface area contributed by atoms with E-state index in [0.29, 0.717) is 29.4 Å². The van der Waals surface area contributed by atoms with Crippen LogP contribution in [0.3, 0.4) is 0 Å². The Balaban J connectivity index is 2.39. The summed E-state index contributed by atoms with van der Waals surface area (Å²) >= 11 is 0. The lowest BCUT2D eigenvalue weighted by Crippen LogP contribution is -1.97. The van der Waals surface area contributed by atoms with Crippen LogP contribution in [-0.4, -0.2) is 20.9 Å².